The van der Waals surface area contributed by atoms with Crippen LogP contribution in [-0.2, 0) is 4.79 Å². The van der Waals surface area contributed by atoms with Gasteiger partial charge >= 0.3 is 0 Å². The molecule has 0 aromatic carbocycles. The zero-order valence-electron chi connectivity index (χ0n) is 12.7. The van der Waals surface area contributed by atoms with Crippen LogP contribution < -0.4 is 5.73 Å². The van der Waals surface area contributed by atoms with Gasteiger partial charge in [-0.1, -0.05) is 32.1 Å². The molecule has 1 amide bonds. The van der Waals surface area contributed by atoms with E-state index in [-0.39, 0.29) is 11.6 Å². The average Bonchev–Trinajstić information content (AvgIpc) is 2.40. The molecule has 1 saturated carbocycles. The maximum absolute atomic E-state index is 12.5. The van der Waals surface area contributed by atoms with Crippen molar-refractivity contribution in [1.82, 2.24) is 4.90 Å². The Hall–Kier alpha value is -0.570. The molecular formula is C16H30N2O. The highest BCUT2D eigenvalue weighted by molar-refractivity contribution is 5.77. The number of carbonyl (C=O) groups excluding carboxylic acids is 1. The van der Waals surface area contributed by atoms with E-state index in [0.717, 1.165) is 38.1 Å². The van der Waals surface area contributed by atoms with Gasteiger partial charge in [0.1, 0.15) is 0 Å². The zero-order chi connectivity index (χ0) is 13.9. The highest BCUT2D eigenvalue weighted by atomic mass is 16.2. The Morgan fingerprint density at radius 1 is 1.16 bits per heavy atom. The molecule has 110 valence electrons. The lowest BCUT2D eigenvalue weighted by atomic mass is 9.83. The van der Waals surface area contributed by atoms with Crippen LogP contribution in [0.5, 0.6) is 0 Å². The van der Waals surface area contributed by atoms with E-state index < -0.39 is 0 Å². The largest absolute Gasteiger partial charge is 0.336 e. The summed E-state index contributed by atoms with van der Waals surface area (Å²) in [6, 6.07) is 0.125. The molecule has 1 atom stereocenters. The van der Waals surface area contributed by atoms with Crippen molar-refractivity contribution in [3.05, 3.63) is 0 Å². The molecule has 0 aromatic rings. The number of hydrogen-bond donors (Lipinski definition) is 1. The Morgan fingerprint density at radius 3 is 2.53 bits per heavy atom. The van der Waals surface area contributed by atoms with Crippen molar-refractivity contribution in [2.75, 3.05) is 6.54 Å². The first kappa shape index (κ1) is 14.8. The van der Waals surface area contributed by atoms with Crippen LogP contribution in [0.25, 0.3) is 0 Å². The fraction of sp³-hybridized carbons (Fsp3) is 0.938. The second-order valence-electron chi connectivity index (χ2n) is 6.99. The second kappa shape index (κ2) is 6.25. The summed E-state index contributed by atoms with van der Waals surface area (Å²) >= 11 is 0. The van der Waals surface area contributed by atoms with Crippen LogP contribution in [0, 0.1) is 5.92 Å². The molecule has 1 saturated heterocycles. The van der Waals surface area contributed by atoms with Crippen LogP contribution >= 0.6 is 0 Å². The summed E-state index contributed by atoms with van der Waals surface area (Å²) in [4.78, 5) is 14.5. The van der Waals surface area contributed by atoms with Crippen molar-refractivity contribution in [1.29, 1.82) is 0 Å². The molecule has 2 N–H and O–H groups in total. The first-order valence-corrected chi connectivity index (χ1v) is 8.08. The van der Waals surface area contributed by atoms with Gasteiger partial charge in [0.2, 0.25) is 5.91 Å². The van der Waals surface area contributed by atoms with Crippen LogP contribution in [-0.4, -0.2) is 28.9 Å². The zero-order valence-corrected chi connectivity index (χ0v) is 12.7. The lowest BCUT2D eigenvalue weighted by Gasteiger charge is -2.46. The van der Waals surface area contributed by atoms with Crippen LogP contribution in [0.1, 0.15) is 71.6 Å². The first-order chi connectivity index (χ1) is 9.01. The van der Waals surface area contributed by atoms with Gasteiger partial charge in [-0.05, 0) is 39.0 Å². The molecule has 0 spiro atoms. The standard InChI is InChI=1S/C16H30N2O/c1-16(2)14(17)9-6-12-18(16)15(19)11-10-13-7-4-3-5-8-13/h13-14H,3-12,17H2,1-2H3. The number of rotatable bonds is 3. The van der Waals surface area contributed by atoms with Crippen LogP contribution in [0.15, 0.2) is 0 Å². The van der Waals surface area contributed by atoms with Crippen molar-refractivity contribution in [3.63, 3.8) is 0 Å². The molecule has 2 rings (SSSR count). The minimum absolute atomic E-state index is 0.125. The van der Waals surface area contributed by atoms with E-state index in [4.69, 9.17) is 5.73 Å². The summed E-state index contributed by atoms with van der Waals surface area (Å²) < 4.78 is 0. The number of piperidine rings is 1. The van der Waals surface area contributed by atoms with E-state index >= 15 is 0 Å². The van der Waals surface area contributed by atoms with Gasteiger partial charge in [-0.2, -0.15) is 0 Å². The monoisotopic (exact) mass is 266 g/mol. The van der Waals surface area contributed by atoms with Gasteiger partial charge < -0.3 is 10.6 Å². The van der Waals surface area contributed by atoms with E-state index in [1.165, 1.54) is 32.1 Å². The maximum atomic E-state index is 12.5. The molecule has 0 radical (unpaired) electrons. The van der Waals surface area contributed by atoms with Crippen molar-refractivity contribution >= 4 is 5.91 Å². The normalized spacial score (nSPS) is 28.4. The predicted octanol–water partition coefficient (Wildman–Crippen LogP) is 3.08. The fourth-order valence-electron chi connectivity index (χ4n) is 3.70. The molecule has 1 unspecified atom stereocenters. The number of likely N-dealkylation sites (tertiary alicyclic amines) is 1. The SMILES string of the molecule is CC1(C)C(N)CCCN1C(=O)CCC1CCCCC1. The van der Waals surface area contributed by atoms with Crippen molar-refractivity contribution in [2.24, 2.45) is 11.7 Å². The van der Waals surface area contributed by atoms with Gasteiger partial charge in [-0.15, -0.1) is 0 Å². The number of nitrogens with zero attached hydrogens (tertiary/aromatic N) is 1. The average molecular weight is 266 g/mol. The molecular weight excluding hydrogens is 236 g/mol. The highest BCUT2D eigenvalue weighted by Gasteiger charge is 2.38. The van der Waals surface area contributed by atoms with Gasteiger partial charge in [-0.25, -0.2) is 0 Å². The van der Waals surface area contributed by atoms with E-state index in [2.05, 4.69) is 13.8 Å². The fourth-order valence-corrected chi connectivity index (χ4v) is 3.70. The van der Waals surface area contributed by atoms with E-state index in [0.29, 0.717) is 5.91 Å². The summed E-state index contributed by atoms with van der Waals surface area (Å²) in [5, 5.41) is 0. The molecule has 2 fully saturated rings. The van der Waals surface area contributed by atoms with Crippen LogP contribution in [0.4, 0.5) is 0 Å². The van der Waals surface area contributed by atoms with Gasteiger partial charge in [0.05, 0.1) is 5.54 Å². The summed E-state index contributed by atoms with van der Waals surface area (Å²) in [5.74, 6) is 1.12. The molecule has 3 heteroatoms. The van der Waals surface area contributed by atoms with E-state index in [1.54, 1.807) is 0 Å². The van der Waals surface area contributed by atoms with Crippen molar-refractivity contribution in [2.45, 2.75) is 83.2 Å². The third kappa shape index (κ3) is 3.50. The first-order valence-electron chi connectivity index (χ1n) is 8.08. The quantitative estimate of drug-likeness (QED) is 0.853. The van der Waals surface area contributed by atoms with Gasteiger partial charge in [0.25, 0.3) is 0 Å². The Labute approximate surface area is 117 Å². The summed E-state index contributed by atoms with van der Waals surface area (Å²) in [5.41, 5.74) is 6.02. The van der Waals surface area contributed by atoms with Gasteiger partial charge in [-0.3, -0.25) is 4.79 Å². The Kier molecular flexibility index (Phi) is 4.88. The van der Waals surface area contributed by atoms with Gasteiger partial charge in [0, 0.05) is 19.0 Å². The minimum Gasteiger partial charge on any atom is -0.336 e. The molecule has 1 heterocycles. The van der Waals surface area contributed by atoms with Crippen LogP contribution in [0.3, 0.4) is 0 Å². The molecule has 1 aliphatic carbocycles. The maximum Gasteiger partial charge on any atom is 0.223 e. The van der Waals surface area contributed by atoms with Crippen molar-refractivity contribution < 1.29 is 4.79 Å². The third-order valence-corrected chi connectivity index (χ3v) is 5.29. The van der Waals surface area contributed by atoms with Crippen LogP contribution in [0.2, 0.25) is 0 Å². The lowest BCUT2D eigenvalue weighted by molar-refractivity contribution is -0.139. The molecule has 0 aromatic heterocycles. The number of amides is 1. The summed E-state index contributed by atoms with van der Waals surface area (Å²) in [7, 11) is 0. The Bertz CT molecular complexity index is 308. The number of nitrogens with two attached hydrogens (primary N) is 1. The minimum atomic E-state index is -0.165. The predicted molar refractivity (Wildman–Crippen MR) is 78.8 cm³/mol. The molecule has 3 nitrogen and oxygen atoms in total. The second-order valence-corrected chi connectivity index (χ2v) is 6.99. The number of carbonyl (C=O) groups is 1. The van der Waals surface area contributed by atoms with Gasteiger partial charge in [0.15, 0.2) is 0 Å². The Morgan fingerprint density at radius 2 is 1.84 bits per heavy atom. The summed E-state index contributed by atoms with van der Waals surface area (Å²) in [6.45, 7) is 5.13. The van der Waals surface area contributed by atoms with E-state index in [9.17, 15) is 4.79 Å². The summed E-state index contributed by atoms with van der Waals surface area (Å²) in [6.07, 6.45) is 10.7. The molecule has 0 bridgehead atoms. The smallest absolute Gasteiger partial charge is 0.223 e. The topological polar surface area (TPSA) is 46.3 Å². The highest BCUT2D eigenvalue weighted by Crippen LogP contribution is 2.30. The van der Waals surface area contributed by atoms with Crippen molar-refractivity contribution in [3.8, 4) is 0 Å². The number of hydrogen-bond acceptors (Lipinski definition) is 2. The Balaban J connectivity index is 1.84. The molecule has 19 heavy (non-hydrogen) atoms. The molecule has 1 aliphatic heterocycles. The third-order valence-electron chi connectivity index (χ3n) is 5.29. The van der Waals surface area contributed by atoms with E-state index in [1.807, 2.05) is 4.90 Å². The molecule has 2 aliphatic rings. The lowest BCUT2D eigenvalue weighted by Crippen LogP contribution is -2.61.